The molecule has 0 bridgehead atoms. The molecule has 2 aromatic carbocycles. The summed E-state index contributed by atoms with van der Waals surface area (Å²) < 4.78 is 13.3. The highest BCUT2D eigenvalue weighted by Gasteiger charge is 2.23. The maximum absolute atomic E-state index is 13.3. The zero-order chi connectivity index (χ0) is 25.3. The number of halogens is 2. The van der Waals surface area contributed by atoms with E-state index >= 15 is 0 Å². The van der Waals surface area contributed by atoms with Crippen LogP contribution in [0.2, 0.25) is 5.02 Å². The number of rotatable bonds is 9. The number of likely N-dealkylation sites (tertiary alicyclic amines) is 1. The molecule has 0 unspecified atom stereocenters. The first kappa shape index (κ1) is 25.8. The minimum atomic E-state index is -0.339. The van der Waals surface area contributed by atoms with E-state index in [2.05, 4.69) is 38.7 Å². The summed E-state index contributed by atoms with van der Waals surface area (Å²) in [5, 5.41) is 8.44. The van der Waals surface area contributed by atoms with Gasteiger partial charge in [-0.05, 0) is 73.8 Å². The van der Waals surface area contributed by atoms with Crippen molar-refractivity contribution in [3.8, 4) is 0 Å². The zero-order valence-electron chi connectivity index (χ0n) is 20.4. The second-order valence-electron chi connectivity index (χ2n) is 8.96. The van der Waals surface area contributed by atoms with Crippen molar-refractivity contribution in [2.24, 2.45) is 11.0 Å². The van der Waals surface area contributed by atoms with E-state index in [1.807, 2.05) is 24.3 Å². The number of piperidine rings is 1. The van der Waals surface area contributed by atoms with Crippen molar-refractivity contribution < 1.29 is 9.18 Å². The fraction of sp³-hybridized carbons (Fsp3) is 0.321. The molecule has 6 nitrogen and oxygen atoms in total. The highest BCUT2D eigenvalue weighted by Crippen LogP contribution is 2.24. The van der Waals surface area contributed by atoms with Gasteiger partial charge in [0.2, 0.25) is 0 Å². The van der Waals surface area contributed by atoms with Crippen LogP contribution in [0, 0.1) is 11.7 Å². The number of hydrogen-bond donors (Lipinski definition) is 2. The quantitative estimate of drug-likeness (QED) is 0.280. The molecule has 1 saturated heterocycles. The predicted octanol–water partition coefficient (Wildman–Crippen LogP) is 5.89. The average molecular weight is 508 g/mol. The van der Waals surface area contributed by atoms with Gasteiger partial charge in [-0.1, -0.05) is 48.9 Å². The molecule has 0 atom stereocenters. The lowest BCUT2D eigenvalue weighted by molar-refractivity contribution is 0.0949. The fourth-order valence-electron chi connectivity index (χ4n) is 4.41. The topological polar surface area (TPSA) is 69.6 Å². The number of aromatic nitrogens is 1. The number of hydrogen-bond acceptors (Lipinski definition) is 5. The summed E-state index contributed by atoms with van der Waals surface area (Å²) in [6, 6.07) is 17.8. The Kier molecular flexibility index (Phi) is 9.03. The van der Waals surface area contributed by atoms with Gasteiger partial charge in [0.1, 0.15) is 11.5 Å². The van der Waals surface area contributed by atoms with E-state index < -0.39 is 0 Å². The molecule has 1 aromatic heterocycles. The summed E-state index contributed by atoms with van der Waals surface area (Å²) in [5.41, 5.74) is 6.71. The van der Waals surface area contributed by atoms with E-state index in [1.165, 1.54) is 12.1 Å². The van der Waals surface area contributed by atoms with Gasteiger partial charge in [0.15, 0.2) is 0 Å². The molecule has 2 heterocycles. The van der Waals surface area contributed by atoms with Crippen molar-refractivity contribution in [3.63, 3.8) is 0 Å². The van der Waals surface area contributed by atoms with Gasteiger partial charge < -0.3 is 5.32 Å². The predicted molar refractivity (Wildman–Crippen MR) is 143 cm³/mol. The van der Waals surface area contributed by atoms with Crippen LogP contribution in [-0.2, 0) is 13.1 Å². The van der Waals surface area contributed by atoms with E-state index in [4.69, 9.17) is 11.6 Å². The van der Waals surface area contributed by atoms with E-state index in [0.717, 1.165) is 66.4 Å². The standard InChI is InChI=1S/C28H31ClFN5O/c1-2-26(21-12-14-35(15-13-21)19-22-7-3-4-9-25(22)29)33-34-28(36)27-11-10-24(18-32-27)31-17-20-6-5-8-23(30)16-20/h3-11,16,18,21,31H,2,12-15,17,19H2,1H3,(H,34,36)/b33-26+. The number of nitrogens with zero attached hydrogens (tertiary/aromatic N) is 3. The van der Waals surface area contributed by atoms with Crippen LogP contribution >= 0.6 is 11.6 Å². The number of benzene rings is 2. The van der Waals surface area contributed by atoms with Crippen LogP contribution in [0.15, 0.2) is 72.0 Å². The monoisotopic (exact) mass is 507 g/mol. The van der Waals surface area contributed by atoms with Crippen molar-refractivity contribution >= 4 is 28.9 Å². The van der Waals surface area contributed by atoms with Gasteiger partial charge in [0, 0.05) is 29.7 Å². The van der Waals surface area contributed by atoms with Crippen molar-refractivity contribution in [1.82, 2.24) is 15.3 Å². The molecule has 188 valence electrons. The second-order valence-corrected chi connectivity index (χ2v) is 9.36. The molecule has 2 N–H and O–H groups in total. The number of anilines is 1. The van der Waals surface area contributed by atoms with Gasteiger partial charge >= 0.3 is 0 Å². The number of nitrogens with one attached hydrogen (secondary N) is 2. The zero-order valence-corrected chi connectivity index (χ0v) is 21.1. The largest absolute Gasteiger partial charge is 0.380 e. The smallest absolute Gasteiger partial charge is 0.289 e. The molecule has 0 saturated carbocycles. The molecule has 1 aliphatic rings. The van der Waals surface area contributed by atoms with Crippen molar-refractivity contribution in [2.75, 3.05) is 18.4 Å². The molecule has 1 amide bonds. The number of amides is 1. The lowest BCUT2D eigenvalue weighted by Crippen LogP contribution is -2.36. The molecule has 8 heteroatoms. The maximum atomic E-state index is 13.3. The minimum Gasteiger partial charge on any atom is -0.380 e. The van der Waals surface area contributed by atoms with Crippen LogP contribution < -0.4 is 10.7 Å². The summed E-state index contributed by atoms with van der Waals surface area (Å²) in [5.74, 6) is -0.261. The van der Waals surface area contributed by atoms with E-state index in [1.54, 1.807) is 24.4 Å². The Morgan fingerprint density at radius 2 is 1.94 bits per heavy atom. The van der Waals surface area contributed by atoms with Gasteiger partial charge in [-0.3, -0.25) is 9.69 Å². The fourth-order valence-corrected chi connectivity index (χ4v) is 4.61. The molecule has 3 aromatic rings. The van der Waals surface area contributed by atoms with Crippen LogP contribution in [0.4, 0.5) is 10.1 Å². The molecule has 0 aliphatic carbocycles. The Bertz CT molecular complexity index is 1190. The summed E-state index contributed by atoms with van der Waals surface area (Å²) in [6.45, 7) is 5.31. The summed E-state index contributed by atoms with van der Waals surface area (Å²) in [6.07, 6.45) is 4.37. The molecule has 0 radical (unpaired) electrons. The van der Waals surface area contributed by atoms with Gasteiger partial charge in [0.25, 0.3) is 5.91 Å². The Morgan fingerprint density at radius 3 is 2.64 bits per heavy atom. The first-order valence-corrected chi connectivity index (χ1v) is 12.7. The van der Waals surface area contributed by atoms with Crippen LogP contribution in [0.3, 0.4) is 0 Å². The Hall–Kier alpha value is -3.29. The molecule has 1 aliphatic heterocycles. The Morgan fingerprint density at radius 1 is 1.14 bits per heavy atom. The number of carbonyl (C=O) groups is 1. The first-order valence-electron chi connectivity index (χ1n) is 12.3. The lowest BCUT2D eigenvalue weighted by atomic mass is 9.90. The molecule has 36 heavy (non-hydrogen) atoms. The van der Waals surface area contributed by atoms with Gasteiger partial charge in [0.05, 0.1) is 11.9 Å². The third-order valence-corrected chi connectivity index (χ3v) is 6.82. The molecule has 1 fully saturated rings. The molecular formula is C28H31ClFN5O. The normalized spacial score (nSPS) is 15.0. The molecular weight excluding hydrogens is 477 g/mol. The van der Waals surface area contributed by atoms with Crippen molar-refractivity contribution in [2.45, 2.75) is 39.3 Å². The maximum Gasteiger partial charge on any atom is 0.289 e. The van der Waals surface area contributed by atoms with Gasteiger partial charge in [-0.15, -0.1) is 0 Å². The van der Waals surface area contributed by atoms with Crippen LogP contribution in [0.25, 0.3) is 0 Å². The minimum absolute atomic E-state index is 0.269. The summed E-state index contributed by atoms with van der Waals surface area (Å²) >= 11 is 6.31. The highest BCUT2D eigenvalue weighted by molar-refractivity contribution is 6.31. The van der Waals surface area contributed by atoms with Crippen LogP contribution in [-0.4, -0.2) is 34.6 Å². The summed E-state index contributed by atoms with van der Waals surface area (Å²) in [7, 11) is 0. The van der Waals surface area contributed by atoms with Gasteiger partial charge in [-0.2, -0.15) is 5.10 Å². The van der Waals surface area contributed by atoms with Crippen molar-refractivity contribution in [3.05, 3.63) is 94.5 Å². The van der Waals surface area contributed by atoms with Crippen LogP contribution in [0.1, 0.15) is 47.8 Å². The second kappa shape index (κ2) is 12.6. The van der Waals surface area contributed by atoms with E-state index in [0.29, 0.717) is 18.2 Å². The number of hydrazone groups is 1. The Balaban J connectivity index is 1.26. The SMILES string of the molecule is CC/C(=N\NC(=O)c1ccc(NCc2cccc(F)c2)cn1)C1CCN(Cc2ccccc2Cl)CC1. The van der Waals surface area contributed by atoms with E-state index in [-0.39, 0.29) is 11.7 Å². The highest BCUT2D eigenvalue weighted by atomic mass is 35.5. The van der Waals surface area contributed by atoms with Crippen LogP contribution in [0.5, 0.6) is 0 Å². The van der Waals surface area contributed by atoms with E-state index in [9.17, 15) is 9.18 Å². The number of carbonyl (C=O) groups excluding carboxylic acids is 1. The molecule has 0 spiro atoms. The van der Waals surface area contributed by atoms with Crippen molar-refractivity contribution in [1.29, 1.82) is 0 Å². The average Bonchev–Trinajstić information content (AvgIpc) is 2.90. The third-order valence-electron chi connectivity index (χ3n) is 6.46. The summed E-state index contributed by atoms with van der Waals surface area (Å²) in [4.78, 5) is 19.3. The first-order chi connectivity index (χ1) is 17.5. The lowest BCUT2D eigenvalue weighted by Gasteiger charge is -2.32. The van der Waals surface area contributed by atoms with Gasteiger partial charge in [-0.25, -0.2) is 14.8 Å². The number of pyridine rings is 1. The molecule has 4 rings (SSSR count). The third kappa shape index (κ3) is 7.12. The Labute approximate surface area is 216 Å².